The van der Waals surface area contributed by atoms with E-state index >= 15 is 0 Å². The molecule has 1 amide bonds. The Labute approximate surface area is 140 Å². The highest BCUT2D eigenvalue weighted by Crippen LogP contribution is 2.23. The van der Waals surface area contributed by atoms with Gasteiger partial charge in [0.1, 0.15) is 5.54 Å². The van der Waals surface area contributed by atoms with Gasteiger partial charge >= 0.3 is 0 Å². The molecule has 0 aliphatic carbocycles. The van der Waals surface area contributed by atoms with Gasteiger partial charge in [-0.2, -0.15) is 0 Å². The molecule has 2 rings (SSSR count). The van der Waals surface area contributed by atoms with Gasteiger partial charge in [-0.3, -0.25) is 4.79 Å². The van der Waals surface area contributed by atoms with Crippen molar-refractivity contribution in [3.63, 3.8) is 0 Å². The van der Waals surface area contributed by atoms with Crippen LogP contribution in [0, 0.1) is 6.92 Å². The maximum Gasteiger partial charge on any atom is 0.247 e. The Morgan fingerprint density at radius 2 is 1.68 bits per heavy atom. The van der Waals surface area contributed by atoms with E-state index in [2.05, 4.69) is 15.9 Å². The van der Waals surface area contributed by atoms with Crippen LogP contribution in [0.2, 0.25) is 0 Å². The first-order chi connectivity index (χ1) is 10.3. The Bertz CT molecular complexity index is 648. The Kier molecular flexibility index (Phi) is 5.04. The first-order valence-electron chi connectivity index (χ1n) is 7.17. The lowest BCUT2D eigenvalue weighted by molar-refractivity contribution is -0.136. The van der Waals surface area contributed by atoms with Gasteiger partial charge in [0.05, 0.1) is 0 Å². The fraction of sp³-hybridized carbons (Fsp3) is 0.278. The molecule has 22 heavy (non-hydrogen) atoms. The van der Waals surface area contributed by atoms with E-state index in [9.17, 15) is 4.79 Å². The number of aryl methyl sites for hydroxylation is 1. The van der Waals surface area contributed by atoms with Gasteiger partial charge in [0.15, 0.2) is 0 Å². The summed E-state index contributed by atoms with van der Waals surface area (Å²) in [7, 11) is 1.78. The van der Waals surface area contributed by atoms with E-state index in [-0.39, 0.29) is 5.91 Å². The molecule has 2 aromatic carbocycles. The Hall–Kier alpha value is -1.65. The quantitative estimate of drug-likeness (QED) is 0.905. The van der Waals surface area contributed by atoms with Crippen LogP contribution in [0.4, 0.5) is 0 Å². The normalized spacial score (nSPS) is 13.5. The maximum absolute atomic E-state index is 12.7. The molecule has 0 aliphatic heterocycles. The average Bonchev–Trinajstić information content (AvgIpc) is 2.49. The highest BCUT2D eigenvalue weighted by molar-refractivity contribution is 9.10. The second-order valence-corrected chi connectivity index (χ2v) is 6.77. The van der Waals surface area contributed by atoms with Gasteiger partial charge in [-0.05, 0) is 37.1 Å². The van der Waals surface area contributed by atoms with Crippen molar-refractivity contribution in [1.82, 2.24) is 4.90 Å². The van der Waals surface area contributed by atoms with Crippen molar-refractivity contribution < 1.29 is 4.79 Å². The minimum atomic E-state index is -1.04. The second kappa shape index (κ2) is 6.63. The molecule has 0 fully saturated rings. The summed E-state index contributed by atoms with van der Waals surface area (Å²) in [5, 5.41) is 0. The number of likely N-dealkylation sites (N-methyl/N-ethyl adjacent to an activating group) is 1. The molecule has 2 N–H and O–H groups in total. The summed E-state index contributed by atoms with van der Waals surface area (Å²) in [5.41, 5.74) is 8.36. The van der Waals surface area contributed by atoms with Crippen molar-refractivity contribution in [3.8, 4) is 0 Å². The lowest BCUT2D eigenvalue weighted by Crippen LogP contribution is -2.49. The Morgan fingerprint density at radius 1 is 1.14 bits per heavy atom. The fourth-order valence-electron chi connectivity index (χ4n) is 2.36. The number of halogens is 1. The molecule has 0 radical (unpaired) electrons. The van der Waals surface area contributed by atoms with Gasteiger partial charge in [0, 0.05) is 18.1 Å². The third-order valence-corrected chi connectivity index (χ3v) is 4.30. The molecule has 0 saturated carbocycles. The minimum absolute atomic E-state index is 0.101. The standard InChI is InChI=1S/C18H21BrN2O/c1-13-4-6-14(7-5-13)12-21(3)17(22)18(2,20)15-8-10-16(19)11-9-15/h4-11H,12,20H2,1-3H3. The van der Waals surface area contributed by atoms with E-state index < -0.39 is 5.54 Å². The zero-order chi connectivity index (χ0) is 16.3. The molecule has 0 heterocycles. The molecular weight excluding hydrogens is 340 g/mol. The molecule has 0 aliphatic rings. The summed E-state index contributed by atoms with van der Waals surface area (Å²) < 4.78 is 0.965. The van der Waals surface area contributed by atoms with Crippen molar-refractivity contribution in [2.24, 2.45) is 5.73 Å². The molecule has 1 atom stereocenters. The molecule has 0 spiro atoms. The lowest BCUT2D eigenvalue weighted by Gasteiger charge is -2.30. The number of nitrogens with two attached hydrogens (primary N) is 1. The molecule has 116 valence electrons. The van der Waals surface area contributed by atoms with Gasteiger partial charge in [0.2, 0.25) is 5.91 Å². The predicted molar refractivity (Wildman–Crippen MR) is 93.3 cm³/mol. The number of amides is 1. The molecule has 2 aromatic rings. The monoisotopic (exact) mass is 360 g/mol. The summed E-state index contributed by atoms with van der Waals surface area (Å²) >= 11 is 3.39. The fourth-order valence-corrected chi connectivity index (χ4v) is 2.62. The number of hydrogen-bond acceptors (Lipinski definition) is 2. The Morgan fingerprint density at radius 3 is 2.23 bits per heavy atom. The van der Waals surface area contributed by atoms with E-state index in [0.717, 1.165) is 15.6 Å². The van der Waals surface area contributed by atoms with Crippen LogP contribution in [-0.4, -0.2) is 17.9 Å². The van der Waals surface area contributed by atoms with Crippen molar-refractivity contribution in [3.05, 3.63) is 69.7 Å². The third kappa shape index (κ3) is 3.76. The Balaban J connectivity index is 2.14. The van der Waals surface area contributed by atoms with Gasteiger partial charge in [-0.1, -0.05) is 57.9 Å². The average molecular weight is 361 g/mol. The van der Waals surface area contributed by atoms with E-state index in [0.29, 0.717) is 6.54 Å². The van der Waals surface area contributed by atoms with Crippen molar-refractivity contribution >= 4 is 21.8 Å². The van der Waals surface area contributed by atoms with Gasteiger partial charge in [-0.15, -0.1) is 0 Å². The van der Waals surface area contributed by atoms with Crippen LogP contribution in [-0.2, 0) is 16.9 Å². The van der Waals surface area contributed by atoms with Crippen LogP contribution >= 0.6 is 15.9 Å². The SMILES string of the molecule is Cc1ccc(CN(C)C(=O)C(C)(N)c2ccc(Br)cc2)cc1. The van der Waals surface area contributed by atoms with Crippen LogP contribution in [0.3, 0.4) is 0 Å². The van der Waals surface area contributed by atoms with Gasteiger partial charge < -0.3 is 10.6 Å². The van der Waals surface area contributed by atoms with Crippen LogP contribution in [0.25, 0.3) is 0 Å². The molecular formula is C18H21BrN2O. The van der Waals surface area contributed by atoms with E-state index in [4.69, 9.17) is 5.73 Å². The van der Waals surface area contributed by atoms with Crippen molar-refractivity contribution in [1.29, 1.82) is 0 Å². The van der Waals surface area contributed by atoms with Crippen LogP contribution < -0.4 is 5.73 Å². The van der Waals surface area contributed by atoms with E-state index in [1.54, 1.807) is 18.9 Å². The highest BCUT2D eigenvalue weighted by Gasteiger charge is 2.33. The van der Waals surface area contributed by atoms with E-state index in [1.165, 1.54) is 5.56 Å². The third-order valence-electron chi connectivity index (χ3n) is 3.78. The zero-order valence-electron chi connectivity index (χ0n) is 13.1. The highest BCUT2D eigenvalue weighted by atomic mass is 79.9. The summed E-state index contributed by atoms with van der Waals surface area (Å²) in [5.74, 6) is -0.101. The summed E-state index contributed by atoms with van der Waals surface area (Å²) in [6, 6.07) is 15.7. The molecule has 1 unspecified atom stereocenters. The number of carbonyl (C=O) groups excluding carboxylic acids is 1. The number of rotatable bonds is 4. The van der Waals surface area contributed by atoms with Gasteiger partial charge in [0.25, 0.3) is 0 Å². The van der Waals surface area contributed by atoms with Gasteiger partial charge in [-0.25, -0.2) is 0 Å². The summed E-state index contributed by atoms with van der Waals surface area (Å²) in [6.45, 7) is 4.34. The van der Waals surface area contributed by atoms with Crippen LogP contribution in [0.5, 0.6) is 0 Å². The first kappa shape index (κ1) is 16.7. The largest absolute Gasteiger partial charge is 0.340 e. The zero-order valence-corrected chi connectivity index (χ0v) is 14.7. The smallest absolute Gasteiger partial charge is 0.247 e. The predicted octanol–water partition coefficient (Wildman–Crippen LogP) is 3.59. The summed E-state index contributed by atoms with van der Waals surface area (Å²) in [6.07, 6.45) is 0. The lowest BCUT2D eigenvalue weighted by atomic mass is 9.91. The maximum atomic E-state index is 12.7. The number of nitrogens with zero attached hydrogens (tertiary/aromatic N) is 1. The second-order valence-electron chi connectivity index (χ2n) is 5.86. The topological polar surface area (TPSA) is 46.3 Å². The van der Waals surface area contributed by atoms with Crippen molar-refractivity contribution in [2.45, 2.75) is 25.9 Å². The number of carbonyl (C=O) groups is 1. The summed E-state index contributed by atoms with van der Waals surface area (Å²) in [4.78, 5) is 14.4. The van der Waals surface area contributed by atoms with Crippen LogP contribution in [0.1, 0.15) is 23.6 Å². The molecule has 0 aromatic heterocycles. The van der Waals surface area contributed by atoms with E-state index in [1.807, 2.05) is 55.5 Å². The molecule has 4 heteroatoms. The molecule has 0 saturated heterocycles. The number of hydrogen-bond donors (Lipinski definition) is 1. The first-order valence-corrected chi connectivity index (χ1v) is 7.96. The molecule has 3 nitrogen and oxygen atoms in total. The van der Waals surface area contributed by atoms with Crippen LogP contribution in [0.15, 0.2) is 53.0 Å². The minimum Gasteiger partial charge on any atom is -0.340 e. The number of benzene rings is 2. The molecule has 0 bridgehead atoms. The van der Waals surface area contributed by atoms with Crippen molar-refractivity contribution in [2.75, 3.05) is 7.05 Å².